The summed E-state index contributed by atoms with van der Waals surface area (Å²) < 4.78 is 19.8. The van der Waals surface area contributed by atoms with Crippen molar-refractivity contribution in [3.05, 3.63) is 63.9 Å². The third-order valence-corrected chi connectivity index (χ3v) is 3.07. The van der Waals surface area contributed by atoms with Crippen LogP contribution in [-0.4, -0.2) is 5.84 Å². The monoisotopic (exact) mass is 322 g/mol. The topological polar surface area (TPSA) is 59.1 Å². The van der Waals surface area contributed by atoms with Gasteiger partial charge in [0.25, 0.3) is 0 Å². The van der Waals surface area contributed by atoms with E-state index in [1.54, 1.807) is 36.4 Å². The van der Waals surface area contributed by atoms with Crippen molar-refractivity contribution in [2.24, 2.45) is 5.73 Å². The summed E-state index contributed by atoms with van der Waals surface area (Å²) in [5, 5.41) is 7.50. The van der Waals surface area contributed by atoms with Crippen LogP contribution in [0.25, 0.3) is 0 Å². The van der Waals surface area contributed by atoms with Gasteiger partial charge < -0.3 is 10.5 Å². The fourth-order valence-corrected chi connectivity index (χ4v) is 1.97. The predicted octanol–water partition coefficient (Wildman–Crippen LogP) is 3.45. The molecule has 0 radical (unpaired) electrons. The van der Waals surface area contributed by atoms with Gasteiger partial charge in [-0.1, -0.05) is 34.1 Å². The van der Waals surface area contributed by atoms with E-state index in [1.807, 2.05) is 0 Å². The fraction of sp³-hybridized carbons (Fsp3) is 0.0714. The maximum absolute atomic E-state index is 13.5. The van der Waals surface area contributed by atoms with Crippen LogP contribution >= 0.6 is 15.9 Å². The Morgan fingerprint density at radius 1 is 1.26 bits per heavy atom. The number of hydrogen-bond acceptors (Lipinski definition) is 2. The van der Waals surface area contributed by atoms with Gasteiger partial charge in [-0.25, -0.2) is 4.39 Å². The molecule has 2 rings (SSSR count). The smallest absolute Gasteiger partial charge is 0.130 e. The molecule has 0 spiro atoms. The zero-order chi connectivity index (χ0) is 13.8. The Hall–Kier alpha value is -1.88. The maximum Gasteiger partial charge on any atom is 0.130 e. The Labute approximate surface area is 118 Å². The molecule has 2 aromatic rings. The van der Waals surface area contributed by atoms with E-state index in [0.29, 0.717) is 16.9 Å². The van der Waals surface area contributed by atoms with Gasteiger partial charge in [-0.2, -0.15) is 0 Å². The Balaban J connectivity index is 2.20. The summed E-state index contributed by atoms with van der Waals surface area (Å²) in [6.07, 6.45) is 0. The van der Waals surface area contributed by atoms with Gasteiger partial charge in [-0.15, -0.1) is 0 Å². The van der Waals surface area contributed by atoms with E-state index >= 15 is 0 Å². The molecular formula is C14H12BrFN2O. The summed E-state index contributed by atoms with van der Waals surface area (Å²) in [5.74, 6) is 0.0489. The lowest BCUT2D eigenvalue weighted by molar-refractivity contribution is 0.299. The normalized spacial score (nSPS) is 10.2. The lowest BCUT2D eigenvalue weighted by Crippen LogP contribution is -2.13. The molecule has 0 aliphatic rings. The lowest BCUT2D eigenvalue weighted by atomic mass is 10.2. The zero-order valence-electron chi connectivity index (χ0n) is 9.99. The third-order valence-electron chi connectivity index (χ3n) is 2.57. The predicted molar refractivity (Wildman–Crippen MR) is 75.9 cm³/mol. The van der Waals surface area contributed by atoms with Gasteiger partial charge in [0.2, 0.25) is 0 Å². The number of hydrogen-bond donors (Lipinski definition) is 2. The highest BCUT2D eigenvalue weighted by Gasteiger charge is 2.09. The minimum atomic E-state index is -0.316. The SMILES string of the molecule is N=C(N)c1cc(Br)ccc1OCc1ccccc1F. The fourth-order valence-electron chi connectivity index (χ4n) is 1.61. The number of nitrogens with two attached hydrogens (primary N) is 1. The van der Waals surface area contributed by atoms with Crippen LogP contribution < -0.4 is 10.5 Å². The van der Waals surface area contributed by atoms with Crippen LogP contribution in [0.15, 0.2) is 46.9 Å². The molecule has 98 valence electrons. The highest BCUT2D eigenvalue weighted by molar-refractivity contribution is 9.10. The second-order valence-corrected chi connectivity index (χ2v) is 4.85. The number of amidine groups is 1. The maximum atomic E-state index is 13.5. The lowest BCUT2D eigenvalue weighted by Gasteiger charge is -2.11. The highest BCUT2D eigenvalue weighted by Crippen LogP contribution is 2.24. The largest absolute Gasteiger partial charge is 0.488 e. The molecule has 0 amide bonds. The first-order chi connectivity index (χ1) is 9.08. The van der Waals surface area contributed by atoms with Gasteiger partial charge in [-0.3, -0.25) is 5.41 Å². The van der Waals surface area contributed by atoms with Gasteiger partial charge in [0, 0.05) is 10.0 Å². The molecule has 0 atom stereocenters. The first-order valence-electron chi connectivity index (χ1n) is 5.58. The van der Waals surface area contributed by atoms with Crippen molar-refractivity contribution in [1.29, 1.82) is 5.41 Å². The summed E-state index contributed by atoms with van der Waals surface area (Å²) >= 11 is 3.30. The van der Waals surface area contributed by atoms with Crippen LogP contribution in [0, 0.1) is 11.2 Å². The van der Waals surface area contributed by atoms with E-state index in [1.165, 1.54) is 6.07 Å². The second-order valence-electron chi connectivity index (χ2n) is 3.93. The van der Waals surface area contributed by atoms with E-state index in [-0.39, 0.29) is 18.3 Å². The summed E-state index contributed by atoms with van der Waals surface area (Å²) in [7, 11) is 0. The van der Waals surface area contributed by atoms with Crippen molar-refractivity contribution in [2.45, 2.75) is 6.61 Å². The molecule has 5 heteroatoms. The van der Waals surface area contributed by atoms with Crippen LogP contribution in [0.5, 0.6) is 5.75 Å². The molecule has 3 N–H and O–H groups in total. The number of ether oxygens (including phenoxy) is 1. The minimum Gasteiger partial charge on any atom is -0.488 e. The summed E-state index contributed by atoms with van der Waals surface area (Å²) in [5.41, 5.74) is 6.43. The number of benzene rings is 2. The van der Waals surface area contributed by atoms with Crippen LogP contribution in [-0.2, 0) is 6.61 Å². The second kappa shape index (κ2) is 5.84. The third kappa shape index (κ3) is 3.32. The molecule has 0 aliphatic heterocycles. The van der Waals surface area contributed by atoms with E-state index in [9.17, 15) is 4.39 Å². The molecule has 0 saturated heterocycles. The highest BCUT2D eigenvalue weighted by atomic mass is 79.9. The average molecular weight is 323 g/mol. The van der Waals surface area contributed by atoms with Gasteiger partial charge >= 0.3 is 0 Å². The van der Waals surface area contributed by atoms with Crippen molar-refractivity contribution < 1.29 is 9.13 Å². The number of nitrogen functional groups attached to an aromatic ring is 1. The van der Waals surface area contributed by atoms with Gasteiger partial charge in [-0.05, 0) is 24.3 Å². The molecule has 0 unspecified atom stereocenters. The molecule has 19 heavy (non-hydrogen) atoms. The van der Waals surface area contributed by atoms with E-state index in [2.05, 4.69) is 15.9 Å². The summed E-state index contributed by atoms with van der Waals surface area (Å²) in [6.45, 7) is 0.0919. The molecule has 0 saturated carbocycles. The van der Waals surface area contributed by atoms with Crippen LogP contribution in [0.3, 0.4) is 0 Å². The van der Waals surface area contributed by atoms with Gasteiger partial charge in [0.15, 0.2) is 0 Å². The molecule has 2 aromatic carbocycles. The van der Waals surface area contributed by atoms with Crippen molar-refractivity contribution in [2.75, 3.05) is 0 Å². The van der Waals surface area contributed by atoms with Crippen molar-refractivity contribution >= 4 is 21.8 Å². The molecule has 0 bridgehead atoms. The van der Waals surface area contributed by atoms with Crippen molar-refractivity contribution in [3.8, 4) is 5.75 Å². The van der Waals surface area contributed by atoms with Gasteiger partial charge in [0.1, 0.15) is 24.0 Å². The van der Waals surface area contributed by atoms with Crippen LogP contribution in [0.2, 0.25) is 0 Å². The summed E-state index contributed by atoms with van der Waals surface area (Å²) in [4.78, 5) is 0. The van der Waals surface area contributed by atoms with Crippen molar-refractivity contribution in [1.82, 2.24) is 0 Å². The Morgan fingerprint density at radius 2 is 2.00 bits per heavy atom. The quantitative estimate of drug-likeness (QED) is 0.669. The van der Waals surface area contributed by atoms with Crippen LogP contribution in [0.1, 0.15) is 11.1 Å². The van der Waals surface area contributed by atoms with E-state index in [0.717, 1.165) is 4.47 Å². The van der Waals surface area contributed by atoms with Crippen molar-refractivity contribution in [3.63, 3.8) is 0 Å². The Kier molecular flexibility index (Phi) is 4.16. The van der Waals surface area contributed by atoms with Gasteiger partial charge in [0.05, 0.1) is 5.56 Å². The first kappa shape index (κ1) is 13.5. The van der Waals surface area contributed by atoms with E-state index < -0.39 is 0 Å². The number of rotatable bonds is 4. The standard InChI is InChI=1S/C14H12BrFN2O/c15-10-5-6-13(11(7-10)14(17)18)19-8-9-3-1-2-4-12(9)16/h1-7H,8H2,(H3,17,18). The zero-order valence-corrected chi connectivity index (χ0v) is 11.6. The first-order valence-corrected chi connectivity index (χ1v) is 6.37. The molecular weight excluding hydrogens is 311 g/mol. The Morgan fingerprint density at radius 3 is 2.68 bits per heavy atom. The van der Waals surface area contributed by atoms with E-state index in [4.69, 9.17) is 15.9 Å². The molecule has 0 aliphatic carbocycles. The molecule has 0 fully saturated rings. The molecule has 0 heterocycles. The number of nitrogens with one attached hydrogen (secondary N) is 1. The Bertz CT molecular complexity index is 616. The molecule has 0 aromatic heterocycles. The summed E-state index contributed by atoms with van der Waals surface area (Å²) in [6, 6.07) is 11.6. The number of halogens is 2. The van der Waals surface area contributed by atoms with Crippen LogP contribution in [0.4, 0.5) is 4.39 Å². The average Bonchev–Trinajstić information content (AvgIpc) is 2.38. The minimum absolute atomic E-state index is 0.0919. The molecule has 3 nitrogen and oxygen atoms in total.